The molecule has 0 bridgehead atoms. The molecule has 8 heteroatoms. The van der Waals surface area contributed by atoms with E-state index >= 15 is 0 Å². The maximum atomic E-state index is 11.8. The van der Waals surface area contributed by atoms with Gasteiger partial charge in [0.2, 0.25) is 5.12 Å². The Morgan fingerprint density at radius 1 is 1.58 bits per heavy atom. The van der Waals surface area contributed by atoms with E-state index in [-0.39, 0.29) is 42.0 Å². The van der Waals surface area contributed by atoms with E-state index in [0.29, 0.717) is 17.8 Å². The molecule has 1 aliphatic heterocycles. The number of thiophene rings is 1. The predicted octanol–water partition coefficient (Wildman–Crippen LogP) is -1.18. The molecule has 1 unspecified atom stereocenters. The van der Waals surface area contributed by atoms with Crippen molar-refractivity contribution in [2.75, 3.05) is 6.54 Å². The van der Waals surface area contributed by atoms with Crippen LogP contribution in [0.3, 0.4) is 0 Å². The number of nitrogens with zero attached hydrogens (tertiary/aromatic N) is 1. The molecule has 1 fully saturated rings. The van der Waals surface area contributed by atoms with E-state index in [1.165, 1.54) is 18.3 Å². The molecule has 1 aromatic rings. The van der Waals surface area contributed by atoms with Gasteiger partial charge in [-0.2, -0.15) is 5.06 Å². The van der Waals surface area contributed by atoms with Gasteiger partial charge in [-0.05, 0) is 17.9 Å². The van der Waals surface area contributed by atoms with E-state index in [1.54, 1.807) is 12.1 Å². The molecule has 0 spiro atoms. The van der Waals surface area contributed by atoms with Crippen LogP contribution < -0.4 is 29.6 Å². The van der Waals surface area contributed by atoms with E-state index in [4.69, 9.17) is 4.84 Å². The zero-order chi connectivity index (χ0) is 13.1. The number of carbonyl (C=O) groups excluding carboxylic acids is 3. The maximum absolute atomic E-state index is 11.8. The Morgan fingerprint density at radius 3 is 2.89 bits per heavy atom. The summed E-state index contributed by atoms with van der Waals surface area (Å²) in [6.07, 6.45) is 0.508. The van der Waals surface area contributed by atoms with Crippen molar-refractivity contribution in [2.24, 2.45) is 0 Å². The number of amides is 1. The standard InChI is InChI=1S/C11H11NO4S2.Na.H/c1-7(13)16-12-5-4-8(10(12)14)18-11(15)9-3-2-6-17-9;;/h2-3,6,8H,4-5H2,1H3;;/q;+1;-1. The van der Waals surface area contributed by atoms with E-state index < -0.39 is 11.2 Å². The number of rotatable bonds is 3. The second-order valence-corrected chi connectivity index (χ2v) is 5.81. The summed E-state index contributed by atoms with van der Waals surface area (Å²) in [4.78, 5) is 39.8. The Kier molecular flexibility index (Phi) is 6.55. The first-order chi connectivity index (χ1) is 8.58. The minimum Gasteiger partial charge on any atom is -1.00 e. The molecule has 0 N–H and O–H groups in total. The second-order valence-electron chi connectivity index (χ2n) is 3.68. The molecule has 5 nitrogen and oxygen atoms in total. The third-order valence-corrected chi connectivity index (χ3v) is 4.48. The molecule has 1 saturated heterocycles. The van der Waals surface area contributed by atoms with Gasteiger partial charge in [-0.15, -0.1) is 11.3 Å². The largest absolute Gasteiger partial charge is 1.00 e. The van der Waals surface area contributed by atoms with Crippen molar-refractivity contribution in [2.45, 2.75) is 18.6 Å². The van der Waals surface area contributed by atoms with Crippen molar-refractivity contribution in [3.63, 3.8) is 0 Å². The Bertz CT molecular complexity index is 483. The molecule has 2 heterocycles. The van der Waals surface area contributed by atoms with Gasteiger partial charge in [0.05, 0.1) is 16.7 Å². The molecule has 1 aromatic heterocycles. The van der Waals surface area contributed by atoms with Crippen LogP contribution in [0.25, 0.3) is 0 Å². The van der Waals surface area contributed by atoms with Gasteiger partial charge in [0.25, 0.3) is 5.91 Å². The zero-order valence-corrected chi connectivity index (χ0v) is 14.3. The molecule has 1 amide bonds. The number of hydroxylamine groups is 2. The normalized spacial score (nSPS) is 18.1. The number of hydrogen-bond acceptors (Lipinski definition) is 6. The molecule has 1 atom stereocenters. The Labute approximate surface area is 142 Å². The first-order valence-electron chi connectivity index (χ1n) is 5.32. The van der Waals surface area contributed by atoms with Crippen molar-refractivity contribution in [3.8, 4) is 0 Å². The summed E-state index contributed by atoms with van der Waals surface area (Å²) in [5.41, 5.74) is 0. The first kappa shape index (κ1) is 16.7. The van der Waals surface area contributed by atoms with Crippen LogP contribution >= 0.6 is 23.1 Å². The molecular weight excluding hydrogens is 297 g/mol. The maximum Gasteiger partial charge on any atom is 1.00 e. The fraction of sp³-hybridized carbons (Fsp3) is 0.364. The molecule has 2 rings (SSSR count). The monoisotopic (exact) mass is 309 g/mol. The van der Waals surface area contributed by atoms with E-state index in [0.717, 1.165) is 16.8 Å². The summed E-state index contributed by atoms with van der Waals surface area (Å²) in [5.74, 6) is -0.848. The smallest absolute Gasteiger partial charge is 1.00 e. The molecule has 0 aromatic carbocycles. The average Bonchev–Trinajstić information content (AvgIpc) is 2.93. The van der Waals surface area contributed by atoms with Crippen LogP contribution in [0.5, 0.6) is 0 Å². The van der Waals surface area contributed by atoms with Gasteiger partial charge < -0.3 is 6.26 Å². The van der Waals surface area contributed by atoms with Gasteiger partial charge in [-0.1, -0.05) is 17.8 Å². The molecule has 1 aliphatic rings. The topological polar surface area (TPSA) is 63.7 Å². The van der Waals surface area contributed by atoms with Crippen molar-refractivity contribution in [3.05, 3.63) is 22.4 Å². The predicted molar refractivity (Wildman–Crippen MR) is 69.2 cm³/mol. The van der Waals surface area contributed by atoms with Crippen LogP contribution in [-0.4, -0.2) is 33.8 Å². The summed E-state index contributed by atoms with van der Waals surface area (Å²) in [7, 11) is 0. The third-order valence-electron chi connectivity index (χ3n) is 2.33. The van der Waals surface area contributed by atoms with E-state index in [2.05, 4.69) is 0 Å². The van der Waals surface area contributed by atoms with Gasteiger partial charge in [0.15, 0.2) is 0 Å². The summed E-state index contributed by atoms with van der Waals surface area (Å²) in [6.45, 7) is 1.58. The van der Waals surface area contributed by atoms with Gasteiger partial charge in [0.1, 0.15) is 0 Å². The zero-order valence-electron chi connectivity index (χ0n) is 11.6. The van der Waals surface area contributed by atoms with Crippen LogP contribution in [0.2, 0.25) is 0 Å². The van der Waals surface area contributed by atoms with E-state index in [9.17, 15) is 14.4 Å². The van der Waals surface area contributed by atoms with Crippen LogP contribution in [0, 0.1) is 0 Å². The summed E-state index contributed by atoms with van der Waals surface area (Å²) < 4.78 is 0. The fourth-order valence-corrected chi connectivity index (χ4v) is 3.30. The summed E-state index contributed by atoms with van der Waals surface area (Å²) in [5, 5.41) is 2.27. The SMILES string of the molecule is CC(=O)ON1CCC(SC(=O)c2cccs2)C1=O.[H-].[Na+]. The average molecular weight is 309 g/mol. The first-order valence-corrected chi connectivity index (χ1v) is 7.08. The van der Waals surface area contributed by atoms with Gasteiger partial charge in [-0.25, -0.2) is 0 Å². The fourth-order valence-electron chi connectivity index (χ4n) is 1.57. The van der Waals surface area contributed by atoms with Crippen LogP contribution in [0.1, 0.15) is 24.4 Å². The molecule has 98 valence electrons. The second kappa shape index (κ2) is 7.44. The number of hydrogen-bond donors (Lipinski definition) is 0. The van der Waals surface area contributed by atoms with Crippen LogP contribution in [-0.2, 0) is 14.4 Å². The molecule has 19 heavy (non-hydrogen) atoms. The Morgan fingerprint density at radius 2 is 2.32 bits per heavy atom. The van der Waals surface area contributed by atoms with Crippen LogP contribution in [0.4, 0.5) is 0 Å². The number of thioether (sulfide) groups is 1. The quantitative estimate of drug-likeness (QED) is 0.658. The number of carbonyl (C=O) groups is 3. The Balaban J connectivity index is 0.00000180. The molecule has 0 aliphatic carbocycles. The van der Waals surface area contributed by atoms with E-state index in [1.807, 2.05) is 5.38 Å². The third kappa shape index (κ3) is 4.32. The minimum atomic E-state index is -0.529. The molecular formula is C11H12NNaO4S2. The van der Waals surface area contributed by atoms with Gasteiger partial charge >= 0.3 is 35.5 Å². The van der Waals surface area contributed by atoms with Crippen molar-refractivity contribution < 1.29 is 50.2 Å². The van der Waals surface area contributed by atoms with Crippen molar-refractivity contribution >= 4 is 40.1 Å². The van der Waals surface area contributed by atoms with Crippen molar-refractivity contribution in [1.29, 1.82) is 0 Å². The minimum absolute atomic E-state index is 0. The van der Waals surface area contributed by atoms with Gasteiger partial charge in [-0.3, -0.25) is 14.4 Å². The van der Waals surface area contributed by atoms with Crippen LogP contribution in [0.15, 0.2) is 17.5 Å². The summed E-state index contributed by atoms with van der Waals surface area (Å²) >= 11 is 2.34. The molecule has 0 saturated carbocycles. The summed E-state index contributed by atoms with van der Waals surface area (Å²) in [6, 6.07) is 3.52. The van der Waals surface area contributed by atoms with Gasteiger partial charge in [0, 0.05) is 6.92 Å². The van der Waals surface area contributed by atoms with Crippen molar-refractivity contribution in [1.82, 2.24) is 5.06 Å². The molecule has 0 radical (unpaired) electrons. The Hall–Kier alpha value is -0.340.